The van der Waals surface area contributed by atoms with Gasteiger partial charge in [-0.1, -0.05) is 27.5 Å². The lowest BCUT2D eigenvalue weighted by atomic mass is 10.1. The molecule has 104 valence electrons. The molecule has 2 rings (SSSR count). The van der Waals surface area contributed by atoms with E-state index >= 15 is 0 Å². The van der Waals surface area contributed by atoms with Crippen molar-refractivity contribution in [1.29, 1.82) is 0 Å². The van der Waals surface area contributed by atoms with E-state index in [4.69, 9.17) is 11.6 Å². The second-order valence-electron chi connectivity index (χ2n) is 4.50. The van der Waals surface area contributed by atoms with Gasteiger partial charge in [0.15, 0.2) is 0 Å². The number of hydrogen-bond acceptors (Lipinski definition) is 1. The summed E-state index contributed by atoms with van der Waals surface area (Å²) in [6.45, 7) is 3.92. The smallest absolute Gasteiger partial charge is 0.255 e. The first kappa shape index (κ1) is 15.5. The largest absolute Gasteiger partial charge is 0.322 e. The SMILES string of the molecule is Cc1cc(Br)cc(C)c1NC(=O)c1ccc(Br)c(Cl)c1. The average Bonchev–Trinajstić information content (AvgIpc) is 2.36. The number of rotatable bonds is 2. The monoisotopic (exact) mass is 415 g/mol. The summed E-state index contributed by atoms with van der Waals surface area (Å²) in [4.78, 5) is 12.3. The molecule has 0 atom stereocenters. The first-order valence-electron chi connectivity index (χ1n) is 5.91. The molecule has 0 saturated heterocycles. The van der Waals surface area contributed by atoms with E-state index in [2.05, 4.69) is 37.2 Å². The highest BCUT2D eigenvalue weighted by molar-refractivity contribution is 9.10. The van der Waals surface area contributed by atoms with Crippen molar-refractivity contribution in [2.75, 3.05) is 5.32 Å². The van der Waals surface area contributed by atoms with Crippen molar-refractivity contribution in [3.05, 3.63) is 61.0 Å². The van der Waals surface area contributed by atoms with E-state index in [9.17, 15) is 4.79 Å². The van der Waals surface area contributed by atoms with Crippen molar-refractivity contribution in [1.82, 2.24) is 0 Å². The second-order valence-corrected chi connectivity index (χ2v) is 6.67. The predicted molar refractivity (Wildman–Crippen MR) is 90.7 cm³/mol. The Hall–Kier alpha value is -0.840. The Morgan fingerprint density at radius 1 is 1.10 bits per heavy atom. The fourth-order valence-corrected chi connectivity index (χ4v) is 3.04. The van der Waals surface area contributed by atoms with Crippen LogP contribution >= 0.6 is 43.5 Å². The van der Waals surface area contributed by atoms with Gasteiger partial charge in [-0.2, -0.15) is 0 Å². The summed E-state index contributed by atoms with van der Waals surface area (Å²) in [5.74, 6) is -0.173. The van der Waals surface area contributed by atoms with Gasteiger partial charge in [0, 0.05) is 20.2 Å². The maximum Gasteiger partial charge on any atom is 0.255 e. The second kappa shape index (κ2) is 6.29. The number of anilines is 1. The number of halogens is 3. The maximum atomic E-state index is 12.3. The molecule has 0 saturated carbocycles. The third kappa shape index (κ3) is 3.43. The number of carbonyl (C=O) groups is 1. The summed E-state index contributed by atoms with van der Waals surface area (Å²) in [7, 11) is 0. The van der Waals surface area contributed by atoms with E-state index in [1.54, 1.807) is 18.2 Å². The van der Waals surface area contributed by atoms with Gasteiger partial charge in [0.25, 0.3) is 5.91 Å². The summed E-state index contributed by atoms with van der Waals surface area (Å²) in [5.41, 5.74) is 3.37. The summed E-state index contributed by atoms with van der Waals surface area (Å²) < 4.78 is 1.77. The van der Waals surface area contributed by atoms with Gasteiger partial charge in [-0.15, -0.1) is 0 Å². The molecule has 0 aliphatic carbocycles. The molecular formula is C15H12Br2ClNO. The summed E-state index contributed by atoms with van der Waals surface area (Å²) >= 11 is 12.8. The zero-order valence-electron chi connectivity index (χ0n) is 10.9. The van der Waals surface area contributed by atoms with Gasteiger partial charge in [-0.3, -0.25) is 4.79 Å². The van der Waals surface area contributed by atoms with Gasteiger partial charge >= 0.3 is 0 Å². The van der Waals surface area contributed by atoms with Crippen molar-refractivity contribution in [2.24, 2.45) is 0 Å². The Kier molecular flexibility index (Phi) is 4.89. The molecule has 0 unspecified atom stereocenters. The lowest BCUT2D eigenvalue weighted by Crippen LogP contribution is -2.13. The number of benzene rings is 2. The Bertz CT molecular complexity index is 663. The molecular weight excluding hydrogens is 405 g/mol. The van der Waals surface area contributed by atoms with Crippen molar-refractivity contribution < 1.29 is 4.79 Å². The van der Waals surface area contributed by atoms with Crippen LogP contribution in [0.4, 0.5) is 5.69 Å². The minimum Gasteiger partial charge on any atom is -0.322 e. The first-order valence-corrected chi connectivity index (χ1v) is 7.88. The zero-order chi connectivity index (χ0) is 14.9. The topological polar surface area (TPSA) is 29.1 Å². The molecule has 0 radical (unpaired) electrons. The summed E-state index contributed by atoms with van der Waals surface area (Å²) in [6.07, 6.45) is 0. The quantitative estimate of drug-likeness (QED) is 0.664. The minimum absolute atomic E-state index is 0.173. The standard InChI is InChI=1S/C15H12Br2ClNO/c1-8-5-11(16)6-9(2)14(8)19-15(20)10-3-4-12(17)13(18)7-10/h3-7H,1-2H3,(H,19,20). The Morgan fingerprint density at radius 3 is 2.25 bits per heavy atom. The lowest BCUT2D eigenvalue weighted by Gasteiger charge is -2.12. The normalized spacial score (nSPS) is 10.4. The van der Waals surface area contributed by atoms with E-state index in [1.165, 1.54) is 0 Å². The molecule has 20 heavy (non-hydrogen) atoms. The van der Waals surface area contributed by atoms with Crippen molar-refractivity contribution in [3.8, 4) is 0 Å². The van der Waals surface area contributed by atoms with Crippen molar-refractivity contribution in [2.45, 2.75) is 13.8 Å². The van der Waals surface area contributed by atoms with Gasteiger partial charge in [0.2, 0.25) is 0 Å². The van der Waals surface area contributed by atoms with Crippen LogP contribution in [0.15, 0.2) is 39.3 Å². The average molecular weight is 418 g/mol. The Labute approximate surface area is 139 Å². The minimum atomic E-state index is -0.173. The molecule has 5 heteroatoms. The van der Waals surface area contributed by atoms with Crippen LogP contribution in [0, 0.1) is 13.8 Å². The van der Waals surface area contributed by atoms with Crippen LogP contribution < -0.4 is 5.32 Å². The molecule has 0 aromatic heterocycles. The highest BCUT2D eigenvalue weighted by atomic mass is 79.9. The van der Waals surface area contributed by atoms with Crippen LogP contribution in [0.3, 0.4) is 0 Å². The van der Waals surface area contributed by atoms with Gasteiger partial charge in [0.05, 0.1) is 5.02 Å². The van der Waals surface area contributed by atoms with Gasteiger partial charge < -0.3 is 5.32 Å². The van der Waals surface area contributed by atoms with Crippen LogP contribution in [0.2, 0.25) is 5.02 Å². The zero-order valence-corrected chi connectivity index (χ0v) is 14.9. The maximum absolute atomic E-state index is 12.3. The summed E-state index contributed by atoms with van der Waals surface area (Å²) in [6, 6.07) is 9.08. The van der Waals surface area contributed by atoms with Crippen molar-refractivity contribution in [3.63, 3.8) is 0 Å². The third-order valence-corrected chi connectivity index (χ3v) is 4.61. The van der Waals surface area contributed by atoms with E-state index in [0.29, 0.717) is 10.6 Å². The molecule has 2 aromatic carbocycles. The lowest BCUT2D eigenvalue weighted by molar-refractivity contribution is 0.102. The highest BCUT2D eigenvalue weighted by Crippen LogP contribution is 2.27. The molecule has 1 amide bonds. The number of hydrogen-bond donors (Lipinski definition) is 1. The van der Waals surface area contributed by atoms with Gasteiger partial charge in [-0.25, -0.2) is 0 Å². The molecule has 0 heterocycles. The number of aryl methyl sites for hydroxylation is 2. The number of nitrogens with one attached hydrogen (secondary N) is 1. The fourth-order valence-electron chi connectivity index (χ4n) is 1.93. The molecule has 0 aliphatic heterocycles. The van der Waals surface area contributed by atoms with Gasteiger partial charge in [0.1, 0.15) is 0 Å². The van der Waals surface area contributed by atoms with E-state index in [0.717, 1.165) is 25.8 Å². The number of amides is 1. The summed E-state index contributed by atoms with van der Waals surface area (Å²) in [5, 5.41) is 3.45. The molecule has 0 bridgehead atoms. The fraction of sp³-hybridized carbons (Fsp3) is 0.133. The predicted octanol–water partition coefficient (Wildman–Crippen LogP) is 5.73. The van der Waals surface area contributed by atoms with Crippen LogP contribution in [0.1, 0.15) is 21.5 Å². The molecule has 0 aliphatic rings. The number of carbonyl (C=O) groups excluding carboxylic acids is 1. The Balaban J connectivity index is 2.30. The molecule has 0 fully saturated rings. The van der Waals surface area contributed by atoms with Crippen LogP contribution in [0.5, 0.6) is 0 Å². The van der Waals surface area contributed by atoms with Crippen molar-refractivity contribution >= 4 is 55.1 Å². The van der Waals surface area contributed by atoms with E-state index in [-0.39, 0.29) is 5.91 Å². The first-order chi connectivity index (χ1) is 9.38. The Morgan fingerprint density at radius 2 is 1.70 bits per heavy atom. The van der Waals surface area contributed by atoms with Crippen LogP contribution in [0.25, 0.3) is 0 Å². The molecule has 2 nitrogen and oxygen atoms in total. The van der Waals surface area contributed by atoms with Crippen LogP contribution in [-0.2, 0) is 0 Å². The van der Waals surface area contributed by atoms with E-state index in [1.807, 2.05) is 26.0 Å². The third-order valence-electron chi connectivity index (χ3n) is 2.92. The van der Waals surface area contributed by atoms with E-state index < -0.39 is 0 Å². The highest BCUT2D eigenvalue weighted by Gasteiger charge is 2.11. The van der Waals surface area contributed by atoms with Gasteiger partial charge in [-0.05, 0) is 71.2 Å². The van der Waals surface area contributed by atoms with Crippen LogP contribution in [-0.4, -0.2) is 5.91 Å². The molecule has 2 aromatic rings. The molecule has 0 spiro atoms. The molecule has 1 N–H and O–H groups in total.